The first-order chi connectivity index (χ1) is 8.25. The Hall–Kier alpha value is -1.88. The molecule has 17 heavy (non-hydrogen) atoms. The Morgan fingerprint density at radius 1 is 1.35 bits per heavy atom. The molecular weight excluding hydrogens is 234 g/mol. The van der Waals surface area contributed by atoms with Crippen LogP contribution >= 0.6 is 12.2 Å². The third-order valence-corrected chi connectivity index (χ3v) is 2.47. The maximum absolute atomic E-state index is 5.51. The van der Waals surface area contributed by atoms with Crippen molar-refractivity contribution in [3.05, 3.63) is 48.0 Å². The largest absolute Gasteiger partial charge is 0.469 e. The monoisotopic (exact) mass is 247 g/mol. The van der Waals surface area contributed by atoms with Gasteiger partial charge in [-0.05, 0) is 24.3 Å². The smallest absolute Gasteiger partial charge is 0.126 e. The van der Waals surface area contributed by atoms with Gasteiger partial charge in [-0.2, -0.15) is 0 Å². The Balaban J connectivity index is 1.90. The van der Waals surface area contributed by atoms with Crippen LogP contribution in [0.15, 0.2) is 41.0 Å². The van der Waals surface area contributed by atoms with Crippen molar-refractivity contribution in [1.82, 2.24) is 4.98 Å². The van der Waals surface area contributed by atoms with Crippen molar-refractivity contribution in [2.45, 2.75) is 6.42 Å². The second kappa shape index (κ2) is 5.45. The molecule has 0 aromatic carbocycles. The molecule has 0 saturated heterocycles. The van der Waals surface area contributed by atoms with Gasteiger partial charge in [-0.3, -0.25) is 0 Å². The molecule has 0 bridgehead atoms. The Morgan fingerprint density at radius 3 is 2.94 bits per heavy atom. The summed E-state index contributed by atoms with van der Waals surface area (Å²) in [7, 11) is 0. The number of thiocarbonyl (C=S) groups is 1. The highest BCUT2D eigenvalue weighted by Gasteiger charge is 2.00. The fourth-order valence-electron chi connectivity index (χ4n) is 1.44. The molecule has 0 saturated carbocycles. The predicted molar refractivity (Wildman–Crippen MR) is 71.0 cm³/mol. The molecule has 0 fully saturated rings. The Bertz CT molecular complexity index is 496. The zero-order chi connectivity index (χ0) is 12.1. The number of rotatable bonds is 5. The van der Waals surface area contributed by atoms with Crippen LogP contribution in [0.5, 0.6) is 0 Å². The summed E-state index contributed by atoms with van der Waals surface area (Å²) in [5.74, 6) is 1.71. The van der Waals surface area contributed by atoms with E-state index in [4.69, 9.17) is 22.4 Å². The average Bonchev–Trinajstić information content (AvgIpc) is 2.82. The number of hydrogen-bond donors (Lipinski definition) is 2. The van der Waals surface area contributed by atoms with Crippen molar-refractivity contribution >= 4 is 23.0 Å². The van der Waals surface area contributed by atoms with Gasteiger partial charge in [0.15, 0.2) is 0 Å². The fourth-order valence-corrected chi connectivity index (χ4v) is 1.55. The van der Waals surface area contributed by atoms with E-state index in [1.165, 1.54) is 0 Å². The van der Waals surface area contributed by atoms with Crippen molar-refractivity contribution in [3.63, 3.8) is 0 Å². The molecule has 0 aliphatic rings. The molecule has 0 unspecified atom stereocenters. The van der Waals surface area contributed by atoms with Crippen molar-refractivity contribution in [1.29, 1.82) is 0 Å². The van der Waals surface area contributed by atoms with Gasteiger partial charge in [-0.1, -0.05) is 18.3 Å². The zero-order valence-corrected chi connectivity index (χ0v) is 10.0. The van der Waals surface area contributed by atoms with Crippen LogP contribution < -0.4 is 11.1 Å². The van der Waals surface area contributed by atoms with Crippen LogP contribution in [0.1, 0.15) is 11.5 Å². The SMILES string of the molecule is NC(=S)c1cccc(NCCc2ccco2)n1. The van der Waals surface area contributed by atoms with Gasteiger partial charge in [0.2, 0.25) is 0 Å². The number of anilines is 1. The molecular formula is C12H13N3OS. The number of hydrogen-bond acceptors (Lipinski definition) is 4. The van der Waals surface area contributed by atoms with E-state index >= 15 is 0 Å². The highest BCUT2D eigenvalue weighted by atomic mass is 32.1. The molecule has 3 N–H and O–H groups in total. The Labute approximate surface area is 105 Å². The highest BCUT2D eigenvalue weighted by Crippen LogP contribution is 2.06. The summed E-state index contributed by atoms with van der Waals surface area (Å²) in [4.78, 5) is 4.59. The van der Waals surface area contributed by atoms with E-state index in [9.17, 15) is 0 Å². The molecule has 4 nitrogen and oxygen atoms in total. The zero-order valence-electron chi connectivity index (χ0n) is 9.22. The minimum Gasteiger partial charge on any atom is -0.469 e. The lowest BCUT2D eigenvalue weighted by Gasteiger charge is -2.05. The number of nitrogens with one attached hydrogen (secondary N) is 1. The Morgan fingerprint density at radius 2 is 2.24 bits per heavy atom. The quantitative estimate of drug-likeness (QED) is 0.791. The molecule has 0 aliphatic carbocycles. The summed E-state index contributed by atoms with van der Waals surface area (Å²) in [5, 5.41) is 3.19. The van der Waals surface area contributed by atoms with Crippen LogP contribution in [0.2, 0.25) is 0 Å². The van der Waals surface area contributed by atoms with Gasteiger partial charge < -0.3 is 15.5 Å². The van der Waals surface area contributed by atoms with Gasteiger partial charge in [0.1, 0.15) is 16.6 Å². The van der Waals surface area contributed by atoms with Crippen LogP contribution in [-0.2, 0) is 6.42 Å². The summed E-state index contributed by atoms with van der Waals surface area (Å²) >= 11 is 4.87. The maximum atomic E-state index is 5.51. The van der Waals surface area contributed by atoms with E-state index in [-0.39, 0.29) is 0 Å². The summed E-state index contributed by atoms with van der Waals surface area (Å²) in [6.45, 7) is 0.751. The molecule has 5 heteroatoms. The van der Waals surface area contributed by atoms with Gasteiger partial charge in [-0.15, -0.1) is 0 Å². The van der Waals surface area contributed by atoms with Crippen LogP contribution in [0, 0.1) is 0 Å². The molecule has 2 rings (SSSR count). The number of nitrogens with two attached hydrogens (primary N) is 1. The molecule has 2 aromatic heterocycles. The first-order valence-corrected chi connectivity index (χ1v) is 5.69. The molecule has 2 heterocycles. The van der Waals surface area contributed by atoms with Gasteiger partial charge in [-0.25, -0.2) is 4.98 Å². The first-order valence-electron chi connectivity index (χ1n) is 5.29. The van der Waals surface area contributed by atoms with Crippen molar-refractivity contribution in [2.24, 2.45) is 5.73 Å². The number of furan rings is 1. The van der Waals surface area contributed by atoms with Gasteiger partial charge in [0.05, 0.1) is 12.0 Å². The molecule has 88 valence electrons. The van der Waals surface area contributed by atoms with Crippen LogP contribution in [0.25, 0.3) is 0 Å². The maximum Gasteiger partial charge on any atom is 0.126 e. The molecule has 0 radical (unpaired) electrons. The molecule has 0 amide bonds. The second-order valence-electron chi connectivity index (χ2n) is 3.53. The summed E-state index contributed by atoms with van der Waals surface area (Å²) < 4.78 is 5.23. The minimum atomic E-state index is 0.305. The molecule has 0 atom stereocenters. The fraction of sp³-hybridized carbons (Fsp3) is 0.167. The van der Waals surface area contributed by atoms with Crippen LogP contribution in [0.3, 0.4) is 0 Å². The van der Waals surface area contributed by atoms with Crippen LogP contribution in [0.4, 0.5) is 5.82 Å². The average molecular weight is 247 g/mol. The number of pyridine rings is 1. The first kappa shape index (κ1) is 11.6. The minimum absolute atomic E-state index is 0.305. The van der Waals surface area contributed by atoms with Crippen LogP contribution in [-0.4, -0.2) is 16.5 Å². The van der Waals surface area contributed by atoms with E-state index in [0.717, 1.165) is 24.5 Å². The molecule has 2 aromatic rings. The molecule has 0 aliphatic heterocycles. The van der Waals surface area contributed by atoms with Crippen molar-refractivity contribution in [2.75, 3.05) is 11.9 Å². The highest BCUT2D eigenvalue weighted by molar-refractivity contribution is 7.80. The van der Waals surface area contributed by atoms with E-state index in [1.54, 1.807) is 12.3 Å². The lowest BCUT2D eigenvalue weighted by atomic mass is 10.3. The standard InChI is InChI=1S/C12H13N3OS/c13-12(17)10-4-1-5-11(15-10)14-7-6-9-3-2-8-16-9/h1-5,8H,6-7H2,(H2,13,17)(H,14,15). The number of aromatic nitrogens is 1. The van der Waals surface area contributed by atoms with Gasteiger partial charge in [0, 0.05) is 13.0 Å². The summed E-state index contributed by atoms with van der Waals surface area (Å²) in [5.41, 5.74) is 6.14. The van der Waals surface area contributed by atoms with E-state index in [0.29, 0.717) is 10.7 Å². The Kier molecular flexibility index (Phi) is 3.72. The lowest BCUT2D eigenvalue weighted by Crippen LogP contribution is -2.13. The predicted octanol–water partition coefficient (Wildman–Crippen LogP) is 1.96. The van der Waals surface area contributed by atoms with Crippen molar-refractivity contribution < 1.29 is 4.42 Å². The topological polar surface area (TPSA) is 64.1 Å². The summed E-state index contributed by atoms with van der Waals surface area (Å²) in [6, 6.07) is 9.36. The summed E-state index contributed by atoms with van der Waals surface area (Å²) in [6.07, 6.45) is 2.48. The van der Waals surface area contributed by atoms with E-state index in [1.807, 2.05) is 24.3 Å². The van der Waals surface area contributed by atoms with E-state index in [2.05, 4.69) is 10.3 Å². The number of nitrogens with zero attached hydrogens (tertiary/aromatic N) is 1. The third-order valence-electron chi connectivity index (χ3n) is 2.26. The van der Waals surface area contributed by atoms with E-state index < -0.39 is 0 Å². The lowest BCUT2D eigenvalue weighted by molar-refractivity contribution is 0.513. The molecule has 0 spiro atoms. The normalized spacial score (nSPS) is 10.1. The van der Waals surface area contributed by atoms with Gasteiger partial charge >= 0.3 is 0 Å². The second-order valence-corrected chi connectivity index (χ2v) is 3.97. The van der Waals surface area contributed by atoms with Gasteiger partial charge in [0.25, 0.3) is 0 Å². The van der Waals surface area contributed by atoms with Crippen molar-refractivity contribution in [3.8, 4) is 0 Å². The third kappa shape index (κ3) is 3.29.